The van der Waals surface area contributed by atoms with Crippen molar-refractivity contribution in [2.75, 3.05) is 26.1 Å². The molecule has 2 aromatic rings. The molecule has 0 radical (unpaired) electrons. The summed E-state index contributed by atoms with van der Waals surface area (Å²) in [5, 5.41) is 2.90. The molecule has 1 fully saturated rings. The van der Waals surface area contributed by atoms with Crippen molar-refractivity contribution in [2.45, 2.75) is 23.8 Å². The second kappa shape index (κ2) is 7.93. The van der Waals surface area contributed by atoms with E-state index < -0.39 is 26.9 Å². The van der Waals surface area contributed by atoms with E-state index in [0.717, 1.165) is 15.6 Å². The van der Waals surface area contributed by atoms with E-state index >= 15 is 0 Å². The molecule has 0 aromatic carbocycles. The molecule has 0 spiro atoms. The van der Waals surface area contributed by atoms with Gasteiger partial charge in [0.15, 0.2) is 0 Å². The molecule has 1 amide bonds. The number of guanidine groups is 1. The number of halogens is 1. The van der Waals surface area contributed by atoms with Crippen molar-refractivity contribution in [3.63, 3.8) is 0 Å². The Bertz CT molecular complexity index is 1170. The zero-order valence-corrected chi connectivity index (χ0v) is 19.1. The number of aliphatic imine (C=N–C) groups is 1. The molecule has 2 aliphatic rings. The third kappa shape index (κ3) is 3.63. The summed E-state index contributed by atoms with van der Waals surface area (Å²) in [7, 11) is -1.12. The molecule has 1 unspecified atom stereocenters. The van der Waals surface area contributed by atoms with Crippen LogP contribution in [0.5, 0.6) is 5.88 Å². The van der Waals surface area contributed by atoms with E-state index in [9.17, 15) is 13.2 Å². The van der Waals surface area contributed by atoms with Gasteiger partial charge in [0.1, 0.15) is 11.4 Å². The third-order valence-electron chi connectivity index (χ3n) is 5.13. The number of aromatic nitrogens is 1. The van der Waals surface area contributed by atoms with Gasteiger partial charge in [-0.3, -0.25) is 4.79 Å². The highest BCUT2D eigenvalue weighted by Gasteiger charge is 2.57. The monoisotopic (exact) mass is 485 g/mol. The van der Waals surface area contributed by atoms with E-state index in [-0.39, 0.29) is 22.5 Å². The predicted octanol–water partition coefficient (Wildman–Crippen LogP) is 1.98. The number of carbonyl (C=O) groups excluding carboxylic acids is 1. The topological polar surface area (TPSA) is 136 Å². The van der Waals surface area contributed by atoms with Crippen molar-refractivity contribution in [2.24, 2.45) is 10.7 Å². The lowest BCUT2D eigenvalue weighted by Crippen LogP contribution is -2.59. The van der Waals surface area contributed by atoms with Gasteiger partial charge in [-0.05, 0) is 25.0 Å². The Morgan fingerprint density at radius 1 is 1.48 bits per heavy atom. The fraction of sp³-hybridized carbons (Fsp3) is 0.389. The molecule has 2 atom stereocenters. The molecular weight excluding hydrogens is 466 g/mol. The van der Waals surface area contributed by atoms with E-state index in [2.05, 4.69) is 15.3 Å². The average Bonchev–Trinajstić information content (AvgIpc) is 3.15. The number of rotatable bonds is 4. The number of amides is 1. The first-order chi connectivity index (χ1) is 14.7. The van der Waals surface area contributed by atoms with E-state index in [1.54, 1.807) is 18.2 Å². The lowest BCUT2D eigenvalue weighted by atomic mass is 9.91. The molecule has 4 rings (SSSR count). The molecule has 0 aliphatic carbocycles. The number of hydrogen-bond acceptors (Lipinski definition) is 9. The van der Waals surface area contributed by atoms with Crippen molar-refractivity contribution in [1.29, 1.82) is 0 Å². The Hall–Kier alpha value is -2.41. The number of ether oxygens (including phenoxy) is 2. The van der Waals surface area contributed by atoms with Crippen LogP contribution in [0.25, 0.3) is 0 Å². The number of anilines is 1. The molecule has 4 heterocycles. The molecule has 13 heteroatoms. The van der Waals surface area contributed by atoms with Crippen molar-refractivity contribution < 1.29 is 22.7 Å². The Labute approximate surface area is 188 Å². The first-order valence-corrected chi connectivity index (χ1v) is 12.0. The molecular formula is C18H20ClN5O5S2. The average molecular weight is 486 g/mol. The standard InChI is InChI=1S/C18H20ClN5O5S2/c1-24-17(20)23-18(7-4-8-29-16(18)31(24,26)27)14-10(19)9-11(30-14)15(25)22-12-5-3-6-13(21-12)28-2/h3,5-6,9,16H,4,7-8H2,1-2H3,(H2,20,23)(H,21,22,25)/t16?,18-/m1/s1. The molecule has 1 saturated heterocycles. The number of pyridine rings is 1. The maximum Gasteiger partial charge on any atom is 0.267 e. The Kier molecular flexibility index (Phi) is 5.58. The SMILES string of the molecule is COc1cccc(NC(=O)c2cc(Cl)c([C@]34CCCOC3S(=O)(=O)N(C)C(N)=N4)s2)n1. The number of nitrogens with one attached hydrogen (secondary N) is 1. The van der Waals surface area contributed by atoms with Gasteiger partial charge in [-0.25, -0.2) is 17.7 Å². The minimum absolute atomic E-state index is 0.155. The smallest absolute Gasteiger partial charge is 0.267 e. The van der Waals surface area contributed by atoms with Gasteiger partial charge >= 0.3 is 0 Å². The lowest BCUT2D eigenvalue weighted by Gasteiger charge is -2.44. The van der Waals surface area contributed by atoms with Crippen LogP contribution in [-0.4, -0.2) is 55.8 Å². The highest BCUT2D eigenvalue weighted by Crippen LogP contribution is 2.49. The van der Waals surface area contributed by atoms with Gasteiger partial charge in [0.25, 0.3) is 15.9 Å². The van der Waals surface area contributed by atoms with Gasteiger partial charge in [-0.15, -0.1) is 11.3 Å². The summed E-state index contributed by atoms with van der Waals surface area (Å²) < 4.78 is 37.6. The molecule has 2 aromatic heterocycles. The Morgan fingerprint density at radius 2 is 2.26 bits per heavy atom. The summed E-state index contributed by atoms with van der Waals surface area (Å²) >= 11 is 7.54. The fourth-order valence-electron chi connectivity index (χ4n) is 3.60. The predicted molar refractivity (Wildman–Crippen MR) is 117 cm³/mol. The number of methoxy groups -OCH3 is 1. The van der Waals surface area contributed by atoms with Crippen LogP contribution >= 0.6 is 22.9 Å². The summed E-state index contributed by atoms with van der Waals surface area (Å²) in [5.41, 5.74) is 3.34. The van der Waals surface area contributed by atoms with Crippen LogP contribution in [0, 0.1) is 0 Å². The van der Waals surface area contributed by atoms with Gasteiger partial charge in [0.2, 0.25) is 17.3 Å². The number of hydrogen-bond donors (Lipinski definition) is 2. The van der Waals surface area contributed by atoms with Gasteiger partial charge in [-0.1, -0.05) is 17.7 Å². The summed E-state index contributed by atoms with van der Waals surface area (Å²) in [6.45, 7) is 0.271. The highest BCUT2D eigenvalue weighted by molar-refractivity contribution is 7.90. The van der Waals surface area contributed by atoms with Crippen LogP contribution in [0.1, 0.15) is 27.4 Å². The quantitative estimate of drug-likeness (QED) is 0.675. The Morgan fingerprint density at radius 3 is 3.00 bits per heavy atom. The molecule has 0 saturated carbocycles. The maximum absolute atomic E-state index is 13.0. The van der Waals surface area contributed by atoms with Crippen LogP contribution in [-0.2, 0) is 20.3 Å². The molecule has 2 aliphatic heterocycles. The van der Waals surface area contributed by atoms with Crippen molar-refractivity contribution in [1.82, 2.24) is 9.29 Å². The first-order valence-electron chi connectivity index (χ1n) is 9.26. The van der Waals surface area contributed by atoms with E-state index in [1.165, 1.54) is 20.2 Å². The first kappa shape index (κ1) is 21.8. The maximum atomic E-state index is 13.0. The summed E-state index contributed by atoms with van der Waals surface area (Å²) in [6, 6.07) is 6.45. The summed E-state index contributed by atoms with van der Waals surface area (Å²) in [5.74, 6) is 0.0517. The van der Waals surface area contributed by atoms with Gasteiger partial charge < -0.3 is 20.5 Å². The highest BCUT2D eigenvalue weighted by atomic mass is 35.5. The van der Waals surface area contributed by atoms with Crippen LogP contribution < -0.4 is 15.8 Å². The minimum atomic E-state index is -3.92. The zero-order valence-electron chi connectivity index (χ0n) is 16.7. The number of carbonyl (C=O) groups is 1. The molecule has 31 heavy (non-hydrogen) atoms. The zero-order chi connectivity index (χ0) is 22.4. The summed E-state index contributed by atoms with van der Waals surface area (Å²) in [6.07, 6.45) is 0.931. The van der Waals surface area contributed by atoms with Crippen LogP contribution in [0.15, 0.2) is 29.3 Å². The lowest BCUT2D eigenvalue weighted by molar-refractivity contribution is 0.00334. The second-order valence-electron chi connectivity index (χ2n) is 7.02. The van der Waals surface area contributed by atoms with Crippen LogP contribution in [0.4, 0.5) is 5.82 Å². The number of nitrogens with zero attached hydrogens (tertiary/aromatic N) is 3. The third-order valence-corrected chi connectivity index (χ3v) is 8.86. The number of sulfonamides is 1. The van der Waals surface area contributed by atoms with E-state index in [0.29, 0.717) is 29.4 Å². The van der Waals surface area contributed by atoms with E-state index in [4.69, 9.17) is 26.8 Å². The van der Waals surface area contributed by atoms with E-state index in [1.807, 2.05) is 0 Å². The van der Waals surface area contributed by atoms with Crippen molar-refractivity contribution in [3.8, 4) is 5.88 Å². The Balaban J connectivity index is 1.73. The fourth-order valence-corrected chi connectivity index (χ4v) is 6.89. The second-order valence-corrected chi connectivity index (χ2v) is 10.5. The van der Waals surface area contributed by atoms with Gasteiger partial charge in [0.05, 0.1) is 21.9 Å². The normalized spacial score (nSPS) is 24.8. The molecule has 10 nitrogen and oxygen atoms in total. The summed E-state index contributed by atoms with van der Waals surface area (Å²) in [4.78, 5) is 22.2. The largest absolute Gasteiger partial charge is 0.481 e. The van der Waals surface area contributed by atoms with Crippen LogP contribution in [0.3, 0.4) is 0 Å². The minimum Gasteiger partial charge on any atom is -0.481 e. The number of fused-ring (bicyclic) bond motifs is 1. The molecule has 166 valence electrons. The molecule has 3 N–H and O–H groups in total. The van der Waals surface area contributed by atoms with Gasteiger partial charge in [-0.2, -0.15) is 4.98 Å². The van der Waals surface area contributed by atoms with Crippen LogP contribution in [0.2, 0.25) is 5.02 Å². The number of thiophene rings is 1. The van der Waals surface area contributed by atoms with Crippen molar-refractivity contribution >= 4 is 50.6 Å². The van der Waals surface area contributed by atoms with Gasteiger partial charge in [0, 0.05) is 19.7 Å². The van der Waals surface area contributed by atoms with Crippen molar-refractivity contribution in [3.05, 3.63) is 39.0 Å². The number of nitrogens with two attached hydrogens (primary N) is 1. The molecule has 0 bridgehead atoms.